The van der Waals surface area contributed by atoms with Gasteiger partial charge >= 0.3 is 0 Å². The van der Waals surface area contributed by atoms with E-state index in [9.17, 15) is 4.79 Å². The molecular formula is C17H18N4O2. The molecule has 0 aliphatic carbocycles. The van der Waals surface area contributed by atoms with Crippen molar-refractivity contribution >= 4 is 23.1 Å². The maximum Gasteiger partial charge on any atom is 0.254 e. The highest BCUT2D eigenvalue weighted by atomic mass is 16.5. The van der Waals surface area contributed by atoms with Crippen LogP contribution >= 0.6 is 0 Å². The van der Waals surface area contributed by atoms with Crippen molar-refractivity contribution in [1.29, 1.82) is 0 Å². The standard InChI is InChI=1S/C17H18N4O2/c1-12(13-5-3-2-4-6-13)20-17(16-14(18)7-8-19-16)21-9-10-23-11-15(21)22/h2-8,19H,1,9-11,18H2/b20-17+. The molecule has 1 aliphatic heterocycles. The first-order chi connectivity index (χ1) is 11.2. The molecule has 1 fully saturated rings. The number of benzene rings is 1. The fourth-order valence-corrected chi connectivity index (χ4v) is 2.39. The maximum atomic E-state index is 12.2. The van der Waals surface area contributed by atoms with Gasteiger partial charge in [0.1, 0.15) is 12.3 Å². The number of hydrogen-bond donors (Lipinski definition) is 2. The molecule has 1 aromatic carbocycles. The maximum absolute atomic E-state index is 12.2. The predicted molar refractivity (Wildman–Crippen MR) is 89.8 cm³/mol. The fourth-order valence-electron chi connectivity index (χ4n) is 2.39. The van der Waals surface area contributed by atoms with Gasteiger partial charge in [-0.1, -0.05) is 36.9 Å². The van der Waals surface area contributed by atoms with Gasteiger partial charge in [-0.2, -0.15) is 0 Å². The number of rotatable bonds is 3. The molecule has 3 N–H and O–H groups in total. The molecule has 0 atom stereocenters. The quantitative estimate of drug-likeness (QED) is 0.670. The van der Waals surface area contributed by atoms with Crippen molar-refractivity contribution in [3.8, 4) is 0 Å². The van der Waals surface area contributed by atoms with Crippen molar-refractivity contribution in [2.24, 2.45) is 4.99 Å². The van der Waals surface area contributed by atoms with Crippen LogP contribution in [0.1, 0.15) is 11.3 Å². The van der Waals surface area contributed by atoms with E-state index in [4.69, 9.17) is 10.5 Å². The third kappa shape index (κ3) is 3.17. The van der Waals surface area contributed by atoms with Gasteiger partial charge in [0.05, 0.1) is 24.5 Å². The fraction of sp³-hybridized carbons (Fsp3) is 0.176. The summed E-state index contributed by atoms with van der Waals surface area (Å²) >= 11 is 0. The number of carbonyl (C=O) groups is 1. The lowest BCUT2D eigenvalue weighted by atomic mass is 10.2. The van der Waals surface area contributed by atoms with Crippen LogP contribution in [0.3, 0.4) is 0 Å². The van der Waals surface area contributed by atoms with Crippen molar-refractivity contribution in [3.05, 3.63) is 60.4 Å². The molecule has 3 rings (SSSR count). The van der Waals surface area contributed by atoms with Crippen LogP contribution in [0.4, 0.5) is 5.69 Å². The van der Waals surface area contributed by atoms with Gasteiger partial charge in [-0.25, -0.2) is 4.99 Å². The molecule has 2 aromatic rings. The van der Waals surface area contributed by atoms with Crippen molar-refractivity contribution in [2.45, 2.75) is 0 Å². The van der Waals surface area contributed by atoms with Crippen LogP contribution < -0.4 is 5.73 Å². The van der Waals surface area contributed by atoms with Gasteiger partial charge in [0.15, 0.2) is 5.84 Å². The molecule has 0 spiro atoms. The van der Waals surface area contributed by atoms with E-state index >= 15 is 0 Å². The van der Waals surface area contributed by atoms with Gasteiger partial charge in [-0.3, -0.25) is 9.69 Å². The Labute approximate surface area is 134 Å². The number of amides is 1. The van der Waals surface area contributed by atoms with Crippen molar-refractivity contribution in [2.75, 3.05) is 25.5 Å². The first-order valence-corrected chi connectivity index (χ1v) is 7.31. The Morgan fingerprint density at radius 2 is 2.09 bits per heavy atom. The Kier molecular flexibility index (Phi) is 4.25. The Morgan fingerprint density at radius 3 is 2.74 bits per heavy atom. The number of H-pyrrole nitrogens is 1. The van der Waals surface area contributed by atoms with E-state index in [0.29, 0.717) is 36.1 Å². The van der Waals surface area contributed by atoms with Gasteiger partial charge in [0.2, 0.25) is 0 Å². The smallest absolute Gasteiger partial charge is 0.254 e. The molecule has 23 heavy (non-hydrogen) atoms. The summed E-state index contributed by atoms with van der Waals surface area (Å²) in [7, 11) is 0. The molecule has 0 bridgehead atoms. The molecule has 1 aromatic heterocycles. The van der Waals surface area contributed by atoms with Gasteiger partial charge in [-0.15, -0.1) is 0 Å². The normalized spacial score (nSPS) is 15.7. The number of aromatic nitrogens is 1. The second-order valence-electron chi connectivity index (χ2n) is 5.15. The van der Waals surface area contributed by atoms with Crippen LogP contribution in [-0.2, 0) is 9.53 Å². The summed E-state index contributed by atoms with van der Waals surface area (Å²) < 4.78 is 5.19. The van der Waals surface area contributed by atoms with Crippen molar-refractivity contribution in [3.63, 3.8) is 0 Å². The highest BCUT2D eigenvalue weighted by Crippen LogP contribution is 2.20. The zero-order valence-corrected chi connectivity index (χ0v) is 12.7. The summed E-state index contributed by atoms with van der Waals surface area (Å²) in [6, 6.07) is 11.3. The van der Waals surface area contributed by atoms with E-state index in [1.807, 2.05) is 30.3 Å². The SMILES string of the molecule is C=C(/N=C(\c1[nH]ccc1N)N1CCOCC1=O)c1ccccc1. The second kappa shape index (κ2) is 6.50. The molecule has 6 heteroatoms. The highest BCUT2D eigenvalue weighted by Gasteiger charge is 2.26. The Morgan fingerprint density at radius 1 is 1.30 bits per heavy atom. The minimum Gasteiger partial charge on any atom is -0.397 e. The number of nitrogens with zero attached hydrogens (tertiary/aromatic N) is 2. The monoisotopic (exact) mass is 310 g/mol. The molecule has 0 saturated carbocycles. The van der Waals surface area contributed by atoms with Gasteiger partial charge in [0.25, 0.3) is 5.91 Å². The molecular weight excluding hydrogens is 292 g/mol. The van der Waals surface area contributed by atoms with Gasteiger partial charge < -0.3 is 15.5 Å². The average Bonchev–Trinajstić information content (AvgIpc) is 3.00. The first-order valence-electron chi connectivity index (χ1n) is 7.31. The number of ether oxygens (including phenoxy) is 1. The number of amidine groups is 1. The van der Waals surface area contributed by atoms with Crippen LogP contribution in [-0.4, -0.2) is 41.4 Å². The molecule has 2 heterocycles. The van der Waals surface area contributed by atoms with E-state index in [1.165, 1.54) is 0 Å². The third-order valence-corrected chi connectivity index (χ3v) is 3.59. The average molecular weight is 310 g/mol. The predicted octanol–water partition coefficient (Wildman–Crippen LogP) is 1.87. The number of hydrogen-bond acceptors (Lipinski definition) is 4. The van der Waals surface area contributed by atoms with Crippen molar-refractivity contribution < 1.29 is 9.53 Å². The summed E-state index contributed by atoms with van der Waals surface area (Å²) in [6.07, 6.45) is 1.72. The van der Waals surface area contributed by atoms with Crippen molar-refractivity contribution in [1.82, 2.24) is 9.88 Å². The topological polar surface area (TPSA) is 83.7 Å². The minimum atomic E-state index is -0.148. The second-order valence-corrected chi connectivity index (χ2v) is 5.15. The minimum absolute atomic E-state index is 0.0391. The van der Waals surface area contributed by atoms with E-state index in [0.717, 1.165) is 5.56 Å². The summed E-state index contributed by atoms with van der Waals surface area (Å²) in [4.78, 5) is 21.4. The third-order valence-electron chi connectivity index (χ3n) is 3.59. The number of nitrogens with one attached hydrogen (secondary N) is 1. The summed E-state index contributed by atoms with van der Waals surface area (Å²) in [5.74, 6) is 0.319. The van der Waals surface area contributed by atoms with Gasteiger partial charge in [0, 0.05) is 6.20 Å². The number of morpholine rings is 1. The molecule has 1 amide bonds. The van der Waals surface area contributed by atoms with E-state index in [-0.39, 0.29) is 12.5 Å². The number of carbonyl (C=O) groups excluding carboxylic acids is 1. The number of aromatic amines is 1. The number of nitrogens with two attached hydrogens (primary N) is 1. The molecule has 118 valence electrons. The van der Waals surface area contributed by atoms with Crippen LogP contribution in [0.5, 0.6) is 0 Å². The molecule has 0 radical (unpaired) electrons. The van der Waals surface area contributed by atoms with E-state index < -0.39 is 0 Å². The van der Waals surface area contributed by atoms with Crippen LogP contribution in [0.25, 0.3) is 5.70 Å². The largest absolute Gasteiger partial charge is 0.397 e. The summed E-state index contributed by atoms with van der Waals surface area (Å²) in [6.45, 7) is 4.94. The Bertz CT molecular complexity index is 749. The Balaban J connectivity index is 2.01. The number of anilines is 1. The molecule has 0 unspecified atom stereocenters. The number of aliphatic imine (C=N–C) groups is 1. The van der Waals surface area contributed by atoms with E-state index in [1.54, 1.807) is 17.2 Å². The van der Waals surface area contributed by atoms with Gasteiger partial charge in [-0.05, 0) is 11.6 Å². The lowest BCUT2D eigenvalue weighted by Gasteiger charge is -2.28. The zero-order chi connectivity index (χ0) is 16.2. The lowest BCUT2D eigenvalue weighted by molar-refractivity contribution is -0.137. The highest BCUT2D eigenvalue weighted by molar-refractivity contribution is 6.11. The zero-order valence-electron chi connectivity index (χ0n) is 12.7. The molecule has 6 nitrogen and oxygen atoms in total. The summed E-state index contributed by atoms with van der Waals surface area (Å²) in [5.41, 5.74) is 8.59. The van der Waals surface area contributed by atoms with Crippen LogP contribution in [0.15, 0.2) is 54.2 Å². The van der Waals surface area contributed by atoms with Crippen LogP contribution in [0.2, 0.25) is 0 Å². The number of nitrogen functional groups attached to an aromatic ring is 1. The summed E-state index contributed by atoms with van der Waals surface area (Å²) in [5, 5.41) is 0. The first kappa shape index (κ1) is 15.1. The molecule has 1 saturated heterocycles. The Hall–Kier alpha value is -2.86. The molecule has 1 aliphatic rings. The van der Waals surface area contributed by atoms with Crippen LogP contribution in [0, 0.1) is 0 Å². The van der Waals surface area contributed by atoms with E-state index in [2.05, 4.69) is 16.6 Å². The lowest BCUT2D eigenvalue weighted by Crippen LogP contribution is -2.46.